The predicted molar refractivity (Wildman–Crippen MR) is 53.5 cm³/mol. The third-order valence-corrected chi connectivity index (χ3v) is 2.54. The molecule has 0 N–H and O–H groups in total. The smallest absolute Gasteiger partial charge is 0.403 e. The van der Waals surface area contributed by atoms with Gasteiger partial charge in [-0.3, -0.25) is 0 Å². The van der Waals surface area contributed by atoms with Crippen LogP contribution in [0.3, 0.4) is 0 Å². The minimum absolute atomic E-state index is 0.210. The van der Waals surface area contributed by atoms with Gasteiger partial charge < -0.3 is 4.74 Å². The quantitative estimate of drug-likeness (QED) is 0.559. The van der Waals surface area contributed by atoms with Gasteiger partial charge in [0.1, 0.15) is 11.4 Å². The first-order valence-electron chi connectivity index (χ1n) is 4.66. The molecule has 0 saturated heterocycles. The molecule has 1 heterocycles. The average Bonchev–Trinajstić information content (AvgIpc) is 2.25. The second kappa shape index (κ2) is 5.70. The topological polar surface area (TPSA) is 22.1 Å². The van der Waals surface area contributed by atoms with E-state index in [-0.39, 0.29) is 6.07 Å². The number of hydrogen-bond acceptors (Lipinski definition) is 2. The van der Waals surface area contributed by atoms with Crippen molar-refractivity contribution in [1.82, 2.24) is 4.98 Å². The van der Waals surface area contributed by atoms with Crippen molar-refractivity contribution in [3.8, 4) is 5.75 Å². The van der Waals surface area contributed by atoms with Crippen LogP contribution in [0.15, 0.2) is 6.07 Å². The Hall–Kier alpha value is -1.13. The van der Waals surface area contributed by atoms with Crippen molar-refractivity contribution in [2.75, 3.05) is 0 Å². The molecule has 0 amide bonds. The highest BCUT2D eigenvalue weighted by Crippen LogP contribution is 2.39. The summed E-state index contributed by atoms with van der Waals surface area (Å²) in [5, 5.41) is -0.552. The van der Waals surface area contributed by atoms with Crippen LogP contribution in [0, 0.1) is 0 Å². The van der Waals surface area contributed by atoms with Crippen LogP contribution in [-0.2, 0) is 11.5 Å². The molecular weight excluding hydrogens is 370 g/mol. The highest BCUT2D eigenvalue weighted by Gasteiger charge is 2.39. The molecule has 0 unspecified atom stereocenters. The Morgan fingerprint density at radius 2 is 1.70 bits per heavy atom. The third kappa shape index (κ3) is 4.18. The van der Waals surface area contributed by atoms with Crippen LogP contribution in [-0.4, -0.2) is 11.3 Å². The number of aromatic nitrogens is 1. The van der Waals surface area contributed by atoms with E-state index < -0.39 is 47.0 Å². The Balaban J connectivity index is 3.49. The monoisotopic (exact) mass is 373 g/mol. The molecule has 2 nitrogen and oxygen atoms in total. The SMILES string of the molecule is FC(F)c1nc(C(F)(F)F)cc(CBr)c1OC(F)(F)F. The number of pyridine rings is 1. The van der Waals surface area contributed by atoms with Crippen molar-refractivity contribution < 1.29 is 39.9 Å². The van der Waals surface area contributed by atoms with E-state index in [1.54, 1.807) is 0 Å². The lowest BCUT2D eigenvalue weighted by Gasteiger charge is -2.17. The lowest BCUT2D eigenvalue weighted by atomic mass is 10.1. The molecule has 0 bridgehead atoms. The summed E-state index contributed by atoms with van der Waals surface area (Å²) in [4.78, 5) is 2.52. The number of ether oxygens (including phenoxy) is 1. The summed E-state index contributed by atoms with van der Waals surface area (Å²) in [5.41, 5.74) is -4.18. The average molecular weight is 374 g/mol. The summed E-state index contributed by atoms with van der Waals surface area (Å²) in [6, 6.07) is 0.210. The van der Waals surface area contributed by atoms with Crippen molar-refractivity contribution in [3.05, 3.63) is 23.0 Å². The lowest BCUT2D eigenvalue weighted by Crippen LogP contribution is -2.21. The molecule has 0 spiro atoms. The molecule has 11 heteroatoms. The molecular formula is C9H4BrF8NO. The molecule has 1 aromatic heterocycles. The van der Waals surface area contributed by atoms with Crippen LogP contribution in [0.1, 0.15) is 23.4 Å². The zero-order chi connectivity index (χ0) is 15.7. The first-order chi connectivity index (χ1) is 8.95. The zero-order valence-corrected chi connectivity index (χ0v) is 10.7. The normalized spacial score (nSPS) is 12.9. The van der Waals surface area contributed by atoms with Crippen LogP contribution in [0.25, 0.3) is 0 Å². The molecule has 0 aliphatic rings. The van der Waals surface area contributed by atoms with Gasteiger partial charge in [0.15, 0.2) is 5.75 Å². The Kier molecular flexibility index (Phi) is 4.82. The fourth-order valence-corrected chi connectivity index (χ4v) is 1.65. The maximum absolute atomic E-state index is 12.6. The minimum atomic E-state index is -5.33. The van der Waals surface area contributed by atoms with Crippen molar-refractivity contribution in [2.24, 2.45) is 0 Å². The predicted octanol–water partition coefficient (Wildman–Crippen LogP) is 4.83. The van der Waals surface area contributed by atoms with Crippen molar-refractivity contribution in [1.29, 1.82) is 0 Å². The second-order valence-corrected chi connectivity index (χ2v) is 3.92. The fourth-order valence-electron chi connectivity index (χ4n) is 1.23. The summed E-state index contributed by atoms with van der Waals surface area (Å²) in [6.45, 7) is 0. The molecule has 0 fully saturated rings. The summed E-state index contributed by atoms with van der Waals surface area (Å²) in [6.07, 6.45) is -14.1. The Morgan fingerprint density at radius 3 is 2.05 bits per heavy atom. The largest absolute Gasteiger partial charge is 0.573 e. The van der Waals surface area contributed by atoms with E-state index in [1.165, 1.54) is 0 Å². The Bertz CT molecular complexity index is 484. The first-order valence-corrected chi connectivity index (χ1v) is 5.78. The van der Waals surface area contributed by atoms with Gasteiger partial charge >= 0.3 is 12.5 Å². The van der Waals surface area contributed by atoms with Crippen LogP contribution >= 0.6 is 15.9 Å². The first kappa shape index (κ1) is 16.9. The van der Waals surface area contributed by atoms with Crippen LogP contribution in [0.5, 0.6) is 5.75 Å². The van der Waals surface area contributed by atoms with E-state index in [9.17, 15) is 35.1 Å². The van der Waals surface area contributed by atoms with Gasteiger partial charge in [-0.2, -0.15) is 13.2 Å². The molecule has 0 saturated carbocycles. The van der Waals surface area contributed by atoms with E-state index >= 15 is 0 Å². The van der Waals surface area contributed by atoms with Crippen LogP contribution < -0.4 is 4.74 Å². The molecule has 0 aliphatic heterocycles. The molecule has 1 rings (SSSR count). The van der Waals surface area contributed by atoms with Gasteiger partial charge in [0, 0.05) is 10.9 Å². The lowest BCUT2D eigenvalue weighted by molar-refractivity contribution is -0.275. The molecule has 0 atom stereocenters. The van der Waals surface area contributed by atoms with E-state index in [4.69, 9.17) is 0 Å². The van der Waals surface area contributed by atoms with Gasteiger partial charge in [-0.15, -0.1) is 13.2 Å². The van der Waals surface area contributed by atoms with Gasteiger partial charge in [-0.05, 0) is 6.07 Å². The van der Waals surface area contributed by atoms with E-state index in [2.05, 4.69) is 25.7 Å². The van der Waals surface area contributed by atoms with Gasteiger partial charge in [-0.25, -0.2) is 13.8 Å². The summed E-state index contributed by atoms with van der Waals surface area (Å²) >= 11 is 2.61. The Morgan fingerprint density at radius 1 is 1.15 bits per heavy atom. The van der Waals surface area contributed by atoms with E-state index in [0.717, 1.165) is 0 Å². The van der Waals surface area contributed by atoms with Gasteiger partial charge in [0.25, 0.3) is 6.43 Å². The zero-order valence-electron chi connectivity index (χ0n) is 9.12. The molecule has 0 radical (unpaired) electrons. The van der Waals surface area contributed by atoms with Crippen molar-refractivity contribution >= 4 is 15.9 Å². The van der Waals surface area contributed by atoms with Gasteiger partial charge in [0.2, 0.25) is 0 Å². The fraction of sp³-hybridized carbons (Fsp3) is 0.444. The van der Waals surface area contributed by atoms with Gasteiger partial charge in [-0.1, -0.05) is 15.9 Å². The number of rotatable bonds is 3. The highest BCUT2D eigenvalue weighted by molar-refractivity contribution is 9.08. The van der Waals surface area contributed by atoms with Crippen LogP contribution in [0.4, 0.5) is 35.1 Å². The molecule has 20 heavy (non-hydrogen) atoms. The molecule has 1 aromatic rings. The maximum Gasteiger partial charge on any atom is 0.573 e. The van der Waals surface area contributed by atoms with Crippen LogP contribution in [0.2, 0.25) is 0 Å². The number of halogens is 9. The molecule has 114 valence electrons. The molecule has 0 aliphatic carbocycles. The number of hydrogen-bond donors (Lipinski definition) is 0. The van der Waals surface area contributed by atoms with Crippen molar-refractivity contribution in [3.63, 3.8) is 0 Å². The standard InChI is InChI=1S/C9H4BrF8NO/c10-2-3-1-4(8(13,14)15)19-5(7(11)12)6(3)20-9(16,17)18/h1,7H,2H2. The van der Waals surface area contributed by atoms with Crippen molar-refractivity contribution in [2.45, 2.75) is 24.3 Å². The second-order valence-electron chi connectivity index (χ2n) is 3.36. The van der Waals surface area contributed by atoms with Gasteiger partial charge in [0.05, 0.1) is 0 Å². The Labute approximate surface area is 114 Å². The highest BCUT2D eigenvalue weighted by atomic mass is 79.9. The number of alkyl halides is 9. The third-order valence-electron chi connectivity index (χ3n) is 1.94. The van der Waals surface area contributed by atoms with E-state index in [1.807, 2.05) is 0 Å². The minimum Gasteiger partial charge on any atom is -0.403 e. The number of nitrogens with zero attached hydrogens (tertiary/aromatic N) is 1. The summed E-state index contributed by atoms with van der Waals surface area (Å²) in [7, 11) is 0. The summed E-state index contributed by atoms with van der Waals surface area (Å²) in [5.74, 6) is -1.43. The maximum atomic E-state index is 12.6. The van der Waals surface area contributed by atoms with E-state index in [0.29, 0.717) is 0 Å². The summed E-state index contributed by atoms with van der Waals surface area (Å²) < 4.78 is 102. The molecule has 0 aromatic carbocycles.